The van der Waals surface area contributed by atoms with Crippen LogP contribution in [0.5, 0.6) is 0 Å². The van der Waals surface area contributed by atoms with Gasteiger partial charge in [0.05, 0.1) is 42.7 Å². The van der Waals surface area contributed by atoms with E-state index in [4.69, 9.17) is 32.5 Å². The van der Waals surface area contributed by atoms with E-state index in [0.717, 1.165) is 0 Å². The summed E-state index contributed by atoms with van der Waals surface area (Å²) in [5.74, 6) is -5.09. The molecule has 436 valence electrons. The summed E-state index contributed by atoms with van der Waals surface area (Å²) in [7, 11) is -3.96. The molecule has 1 saturated heterocycles. The normalized spacial score (nSPS) is 27.9. The number of aryl methyl sites for hydroxylation is 1. The molecule has 2 bridgehead atoms. The lowest BCUT2D eigenvalue weighted by Gasteiger charge is -2.68. The highest BCUT2D eigenvalue weighted by Gasteiger charge is 2.79. The molecule has 1 aliphatic heterocycles. The molecule has 2 saturated carbocycles. The van der Waals surface area contributed by atoms with Crippen LogP contribution in [0.2, 0.25) is 36.3 Å². The minimum absolute atomic E-state index is 0.0628. The van der Waals surface area contributed by atoms with E-state index < -0.39 is 134 Å². The zero-order chi connectivity index (χ0) is 59.3. The van der Waals surface area contributed by atoms with Crippen molar-refractivity contribution < 1.29 is 71.0 Å². The molecule has 3 aromatic carbocycles. The maximum Gasteiger partial charge on any atom is 0.512 e. The van der Waals surface area contributed by atoms with Crippen LogP contribution in [0.15, 0.2) is 121 Å². The maximum absolute atomic E-state index is 17.0. The number of nitrogens with zero attached hydrogens (tertiary/aromatic N) is 2. The van der Waals surface area contributed by atoms with Crippen LogP contribution in [-0.2, 0) is 54.0 Å². The molecule has 81 heavy (non-hydrogen) atoms. The number of ether oxygens (including phenoxy) is 5. The molecular weight excluding hydrogens is 1070 g/mol. The second-order valence-corrected chi connectivity index (χ2v) is 34.3. The monoisotopic (exact) mass is 1150 g/mol. The highest BCUT2D eigenvalue weighted by Crippen LogP contribution is 2.65. The third-order valence-electron chi connectivity index (χ3n) is 18.9. The number of carbonyl (C=O) groups is 6. The van der Waals surface area contributed by atoms with Gasteiger partial charge in [0.15, 0.2) is 40.2 Å². The van der Waals surface area contributed by atoms with Crippen molar-refractivity contribution in [1.82, 2.24) is 9.88 Å². The molecule has 11 atom stereocenters. The second-order valence-electron chi connectivity index (χ2n) is 24.8. The summed E-state index contributed by atoms with van der Waals surface area (Å²) in [5, 5.41) is 17.3. The molecule has 0 spiro atoms. The van der Waals surface area contributed by atoms with Crippen molar-refractivity contribution >= 4 is 52.3 Å². The number of Topliss-reactive ketones (excluding diaryl/α,β-unsaturated/α-hetero) is 1. The molecule has 3 fully saturated rings. The number of nitrogens with one attached hydrogen (secondary N) is 1. The molecule has 1 aromatic heterocycles. The van der Waals surface area contributed by atoms with Crippen molar-refractivity contribution in [2.45, 2.75) is 179 Å². The number of esters is 3. The predicted molar refractivity (Wildman–Crippen MR) is 306 cm³/mol. The minimum Gasteiger partial charge on any atom is -0.456 e. The van der Waals surface area contributed by atoms with Gasteiger partial charge in [0.25, 0.3) is 12.2 Å². The summed E-state index contributed by atoms with van der Waals surface area (Å²) in [4.78, 5) is 90.8. The van der Waals surface area contributed by atoms with Gasteiger partial charge in [-0.15, -0.1) is 4.57 Å². The number of ketones is 1. The fraction of sp³-hybridized carbons (Fsp3) is 0.532. The Bertz CT molecular complexity index is 3020. The first-order valence-corrected chi connectivity index (χ1v) is 33.7. The lowest BCUT2D eigenvalue weighted by molar-refractivity contribution is -0.670. The fourth-order valence-electron chi connectivity index (χ4n) is 12.8. The molecule has 3 aliphatic carbocycles. The van der Waals surface area contributed by atoms with E-state index in [1.807, 2.05) is 39.9 Å². The maximum atomic E-state index is 17.0. The number of imidazole rings is 1. The second kappa shape index (κ2) is 22.9. The molecule has 17 nitrogen and oxygen atoms in total. The fourth-order valence-corrected chi connectivity index (χ4v) is 17.0. The van der Waals surface area contributed by atoms with Gasteiger partial charge in [0.2, 0.25) is 0 Å². The average Bonchev–Trinajstić information content (AvgIpc) is 1.00. The van der Waals surface area contributed by atoms with Gasteiger partial charge in [0, 0.05) is 30.7 Å². The number of benzene rings is 3. The SMILES string of the molecule is CC[Si](CC)(CC)O[C@H]1CC2OC[C@]2(OC(C)=O)[C@H]2[C@H](OC(=O)c3ccccc3)[C@]3(O)C[C@H](OC(=O)[C@H](O[Si](C)(C)C(C)(C)C)[C@@H](NC(=O)c4ccccc4)c4ccccc4)C(C)=C([C@@H](OC(=O)n4cc[n+](C)c4)C(=O)C12C)C3(C)C. The van der Waals surface area contributed by atoms with Gasteiger partial charge in [-0.1, -0.05) is 122 Å². The number of amides is 1. The largest absolute Gasteiger partial charge is 0.512 e. The van der Waals surface area contributed by atoms with E-state index in [-0.39, 0.29) is 29.7 Å². The highest BCUT2D eigenvalue weighted by molar-refractivity contribution is 6.74. The van der Waals surface area contributed by atoms with Gasteiger partial charge in [-0.3, -0.25) is 14.4 Å². The summed E-state index contributed by atoms with van der Waals surface area (Å²) in [6, 6.07) is 26.7. The molecule has 0 radical (unpaired) electrons. The Hall–Kier alpha value is -6.10. The molecule has 4 aliphatic rings. The molecule has 2 N–H and O–H groups in total. The van der Waals surface area contributed by atoms with E-state index in [1.54, 1.807) is 130 Å². The first-order valence-electron chi connectivity index (χ1n) is 28.3. The summed E-state index contributed by atoms with van der Waals surface area (Å²) in [6.45, 7) is 23.9. The Labute approximate surface area is 478 Å². The van der Waals surface area contributed by atoms with Gasteiger partial charge >= 0.3 is 24.0 Å². The topological polar surface area (TPSA) is 208 Å². The molecule has 1 amide bonds. The first-order chi connectivity index (χ1) is 38.0. The van der Waals surface area contributed by atoms with Crippen LogP contribution in [0.1, 0.15) is 121 Å². The number of fused-ring (bicyclic) bond motifs is 5. The third-order valence-corrected chi connectivity index (χ3v) is 28.0. The van der Waals surface area contributed by atoms with Crippen LogP contribution in [0.4, 0.5) is 4.79 Å². The molecule has 4 aromatic rings. The number of carbonyl (C=O) groups excluding carboxylic acids is 6. The quantitative estimate of drug-likeness (QED) is 0.0332. The van der Waals surface area contributed by atoms with E-state index in [1.165, 1.54) is 24.0 Å². The number of aliphatic hydroxyl groups is 1. The first kappa shape index (κ1) is 61.0. The van der Waals surface area contributed by atoms with E-state index in [0.29, 0.717) is 29.3 Å². The molecular formula is C62H82N3O14Si2+. The van der Waals surface area contributed by atoms with Gasteiger partial charge < -0.3 is 43.0 Å². The smallest absolute Gasteiger partial charge is 0.456 e. The molecule has 2 heterocycles. The van der Waals surface area contributed by atoms with Crippen molar-refractivity contribution in [3.8, 4) is 0 Å². The summed E-state index contributed by atoms with van der Waals surface area (Å²) < 4.78 is 50.6. The predicted octanol–water partition coefficient (Wildman–Crippen LogP) is 9.54. The highest BCUT2D eigenvalue weighted by atomic mass is 28.4. The number of rotatable bonds is 17. The zero-order valence-corrected chi connectivity index (χ0v) is 51.4. The van der Waals surface area contributed by atoms with Crippen LogP contribution >= 0.6 is 0 Å². The van der Waals surface area contributed by atoms with E-state index >= 15 is 14.4 Å². The van der Waals surface area contributed by atoms with Crippen LogP contribution in [0, 0.1) is 16.7 Å². The van der Waals surface area contributed by atoms with Crippen molar-refractivity contribution in [2.75, 3.05) is 6.61 Å². The number of hydrogen-bond donors (Lipinski definition) is 2. The number of hydrogen-bond acceptors (Lipinski definition) is 14. The van der Waals surface area contributed by atoms with Crippen LogP contribution < -0.4 is 9.88 Å². The van der Waals surface area contributed by atoms with Gasteiger partial charge in [-0.25, -0.2) is 14.2 Å². The van der Waals surface area contributed by atoms with Crippen molar-refractivity contribution in [1.29, 1.82) is 0 Å². The lowest BCUT2D eigenvalue weighted by atomic mass is 9.44. The third kappa shape index (κ3) is 11.1. The molecule has 2 unspecified atom stereocenters. The van der Waals surface area contributed by atoms with Crippen molar-refractivity contribution in [2.24, 2.45) is 23.8 Å². The Morgan fingerprint density at radius 2 is 1.44 bits per heavy atom. The Balaban J connectivity index is 1.40. The summed E-state index contributed by atoms with van der Waals surface area (Å²) in [5.41, 5.74) is -6.31. The van der Waals surface area contributed by atoms with Crippen LogP contribution in [0.3, 0.4) is 0 Å². The minimum atomic E-state index is -2.98. The van der Waals surface area contributed by atoms with Gasteiger partial charge in [-0.2, -0.15) is 4.79 Å². The summed E-state index contributed by atoms with van der Waals surface area (Å²) >= 11 is 0. The zero-order valence-electron chi connectivity index (χ0n) is 49.4. The standard InChI is InChI=1S/C62H81N3O14Si2/c1-15-81(16-2,17-3)78-45-35-46-61(37-73-46,77-40(5)66)51-53(76-55(69)43-31-25-20-26-32-43)62(72)36-44(39(4)47(59(62,9)10)49(52(67)60(45,51)11)75-57(71)65-34-33-64(12)38-65)74-56(70)50(79-80(13,14)58(6,7)8)48(41-27-21-18-22-28-41)63-54(68)42-29-23-19-24-30-42/h18-34,38,44-46,48-51,53,72H,15-17,35-37H2,1-14H3/p+1/t44-,45-,46?,48-,49+,50+,51-,53-,60?,61+,62+/m0/s1. The van der Waals surface area contributed by atoms with Crippen LogP contribution in [0.25, 0.3) is 0 Å². The van der Waals surface area contributed by atoms with Crippen LogP contribution in [-0.4, -0.2) is 116 Å². The van der Waals surface area contributed by atoms with Crippen molar-refractivity contribution in [3.63, 3.8) is 0 Å². The molecule has 8 rings (SSSR count). The van der Waals surface area contributed by atoms with E-state index in [9.17, 15) is 19.5 Å². The van der Waals surface area contributed by atoms with Crippen molar-refractivity contribution in [3.05, 3.63) is 138 Å². The Morgan fingerprint density at radius 1 is 0.864 bits per heavy atom. The lowest BCUT2D eigenvalue weighted by Crippen LogP contribution is -2.82. The van der Waals surface area contributed by atoms with Gasteiger partial charge in [0.1, 0.15) is 36.3 Å². The van der Waals surface area contributed by atoms with E-state index in [2.05, 4.69) is 26.1 Å². The summed E-state index contributed by atoms with van der Waals surface area (Å²) in [6.07, 6.45) is -5.22. The molecule has 19 heteroatoms. The van der Waals surface area contributed by atoms with Gasteiger partial charge in [-0.05, 0) is 91.1 Å². The Kier molecular flexibility index (Phi) is 17.3. The Morgan fingerprint density at radius 3 is 1.96 bits per heavy atom. The number of aromatic nitrogens is 2. The average molecular weight is 1150 g/mol.